The molecule has 0 radical (unpaired) electrons. The number of alkyl halides is 3. The fourth-order valence-electron chi connectivity index (χ4n) is 1.33. The average Bonchev–Trinajstić information content (AvgIpc) is 2.50. The van der Waals surface area contributed by atoms with Gasteiger partial charge in [-0.25, -0.2) is 8.78 Å². The van der Waals surface area contributed by atoms with Crippen LogP contribution in [0.1, 0.15) is 5.69 Å². The van der Waals surface area contributed by atoms with Gasteiger partial charge in [0.25, 0.3) is 6.43 Å². The molecule has 6 heteroatoms. The fourth-order valence-corrected chi connectivity index (χ4v) is 1.83. The van der Waals surface area contributed by atoms with Gasteiger partial charge in [0.05, 0.1) is 12.2 Å². The number of aryl methyl sites for hydroxylation is 1. The van der Waals surface area contributed by atoms with Crippen LogP contribution in [0.2, 0.25) is 0 Å². The van der Waals surface area contributed by atoms with Gasteiger partial charge in [-0.3, -0.25) is 9.58 Å². The van der Waals surface area contributed by atoms with Gasteiger partial charge in [-0.2, -0.15) is 5.10 Å². The molecule has 0 saturated carbocycles. The second kappa shape index (κ2) is 6.17. The van der Waals surface area contributed by atoms with E-state index in [2.05, 4.69) is 21.0 Å². The first-order valence-corrected chi connectivity index (χ1v) is 5.79. The largest absolute Gasteiger partial charge is 0.291 e. The first-order chi connectivity index (χ1) is 7.11. The maximum absolute atomic E-state index is 12.2. The minimum absolute atomic E-state index is 0.206. The van der Waals surface area contributed by atoms with E-state index in [0.29, 0.717) is 18.4 Å². The highest BCUT2D eigenvalue weighted by Gasteiger charge is 2.12. The standard InChI is InChI=1S/C9H14BrF2N3/c1-14-4-2-8(13-14)6-15(5-3-10)7-9(11)12/h2,4,9H,3,5-7H2,1H3. The molecule has 1 aromatic rings. The Hall–Kier alpha value is -0.490. The highest BCUT2D eigenvalue weighted by molar-refractivity contribution is 9.09. The first kappa shape index (κ1) is 12.6. The van der Waals surface area contributed by atoms with E-state index < -0.39 is 6.43 Å². The third-order valence-electron chi connectivity index (χ3n) is 1.95. The molecule has 1 rings (SSSR count). The van der Waals surface area contributed by atoms with Gasteiger partial charge in [-0.1, -0.05) is 15.9 Å². The number of halogens is 3. The lowest BCUT2D eigenvalue weighted by molar-refractivity contribution is 0.0875. The maximum atomic E-state index is 12.2. The van der Waals surface area contributed by atoms with E-state index in [1.165, 1.54) is 0 Å². The molecule has 3 nitrogen and oxygen atoms in total. The Bertz CT molecular complexity index is 291. The molecule has 1 heterocycles. The Morgan fingerprint density at radius 1 is 1.60 bits per heavy atom. The average molecular weight is 282 g/mol. The van der Waals surface area contributed by atoms with E-state index in [4.69, 9.17) is 0 Å². The second-order valence-corrected chi connectivity index (χ2v) is 4.09. The Morgan fingerprint density at radius 2 is 2.33 bits per heavy atom. The molecule has 0 aliphatic rings. The summed E-state index contributed by atoms with van der Waals surface area (Å²) in [5.74, 6) is 0. The van der Waals surface area contributed by atoms with Gasteiger partial charge >= 0.3 is 0 Å². The van der Waals surface area contributed by atoms with Crippen LogP contribution in [0.25, 0.3) is 0 Å². The third kappa shape index (κ3) is 4.70. The maximum Gasteiger partial charge on any atom is 0.251 e. The van der Waals surface area contributed by atoms with Gasteiger partial charge in [0.15, 0.2) is 0 Å². The summed E-state index contributed by atoms with van der Waals surface area (Å²) in [6.45, 7) is 0.861. The zero-order valence-corrected chi connectivity index (χ0v) is 10.1. The Kier molecular flexibility index (Phi) is 5.17. The van der Waals surface area contributed by atoms with Crippen LogP contribution in [-0.2, 0) is 13.6 Å². The van der Waals surface area contributed by atoms with Crippen LogP contribution < -0.4 is 0 Å². The summed E-state index contributed by atoms with van der Waals surface area (Å²) >= 11 is 3.25. The highest BCUT2D eigenvalue weighted by atomic mass is 79.9. The van der Waals surface area contributed by atoms with Crippen molar-refractivity contribution in [1.82, 2.24) is 14.7 Å². The second-order valence-electron chi connectivity index (χ2n) is 3.30. The quantitative estimate of drug-likeness (QED) is 0.743. The predicted octanol–water partition coefficient (Wildman–Crippen LogP) is 1.88. The molecule has 0 aliphatic carbocycles. The summed E-state index contributed by atoms with van der Waals surface area (Å²) < 4.78 is 26.1. The number of rotatable bonds is 6. The van der Waals surface area contributed by atoms with E-state index in [1.807, 2.05) is 19.3 Å². The van der Waals surface area contributed by atoms with Gasteiger partial charge in [0.2, 0.25) is 0 Å². The van der Waals surface area contributed by atoms with Crippen LogP contribution in [0.15, 0.2) is 12.3 Å². The first-order valence-electron chi connectivity index (χ1n) is 4.67. The van der Waals surface area contributed by atoms with Crippen LogP contribution in [0, 0.1) is 0 Å². The van der Waals surface area contributed by atoms with Crippen molar-refractivity contribution in [1.29, 1.82) is 0 Å². The van der Waals surface area contributed by atoms with Crippen molar-refractivity contribution in [2.75, 3.05) is 18.4 Å². The molecular weight excluding hydrogens is 268 g/mol. The van der Waals surface area contributed by atoms with Crippen molar-refractivity contribution < 1.29 is 8.78 Å². The van der Waals surface area contributed by atoms with Gasteiger partial charge in [-0.15, -0.1) is 0 Å². The van der Waals surface area contributed by atoms with E-state index >= 15 is 0 Å². The van der Waals surface area contributed by atoms with Crippen LogP contribution in [0.5, 0.6) is 0 Å². The van der Waals surface area contributed by atoms with Gasteiger partial charge < -0.3 is 0 Å². The molecule has 1 aromatic heterocycles. The minimum atomic E-state index is -2.30. The summed E-state index contributed by atoms with van der Waals surface area (Å²) in [5.41, 5.74) is 0.819. The Balaban J connectivity index is 2.50. The fraction of sp³-hybridized carbons (Fsp3) is 0.667. The Labute approximate surface area is 96.2 Å². The van der Waals surface area contributed by atoms with E-state index in [0.717, 1.165) is 5.69 Å². The third-order valence-corrected chi connectivity index (χ3v) is 2.31. The normalized spacial score (nSPS) is 11.6. The smallest absolute Gasteiger partial charge is 0.251 e. The number of aromatic nitrogens is 2. The molecule has 0 fully saturated rings. The lowest BCUT2D eigenvalue weighted by atomic mass is 10.4. The van der Waals surface area contributed by atoms with Crippen molar-refractivity contribution in [2.45, 2.75) is 13.0 Å². The monoisotopic (exact) mass is 281 g/mol. The van der Waals surface area contributed by atoms with E-state index in [-0.39, 0.29) is 6.54 Å². The number of hydrogen-bond donors (Lipinski definition) is 0. The van der Waals surface area contributed by atoms with Crippen LogP contribution in [0.3, 0.4) is 0 Å². The lowest BCUT2D eigenvalue weighted by Gasteiger charge is -2.19. The van der Waals surface area contributed by atoms with Crippen LogP contribution >= 0.6 is 15.9 Å². The van der Waals surface area contributed by atoms with Crippen molar-refractivity contribution >= 4 is 15.9 Å². The van der Waals surface area contributed by atoms with Crippen molar-refractivity contribution in [3.63, 3.8) is 0 Å². The zero-order valence-electron chi connectivity index (χ0n) is 8.54. The highest BCUT2D eigenvalue weighted by Crippen LogP contribution is 2.05. The van der Waals surface area contributed by atoms with Crippen molar-refractivity contribution in [2.24, 2.45) is 7.05 Å². The summed E-state index contributed by atoms with van der Waals surface area (Å²) in [7, 11) is 1.81. The van der Waals surface area contributed by atoms with Crippen molar-refractivity contribution in [3.8, 4) is 0 Å². The van der Waals surface area contributed by atoms with Gasteiger partial charge in [-0.05, 0) is 6.07 Å². The van der Waals surface area contributed by atoms with Gasteiger partial charge in [0.1, 0.15) is 0 Å². The molecule has 0 atom stereocenters. The molecular formula is C9H14BrF2N3. The SMILES string of the molecule is Cn1ccc(CN(CCBr)CC(F)F)n1. The molecule has 0 bridgehead atoms. The number of nitrogens with zero attached hydrogens (tertiary/aromatic N) is 3. The number of hydrogen-bond acceptors (Lipinski definition) is 2. The molecule has 0 N–H and O–H groups in total. The van der Waals surface area contributed by atoms with Crippen molar-refractivity contribution in [3.05, 3.63) is 18.0 Å². The molecule has 0 amide bonds. The summed E-state index contributed by atoms with van der Waals surface area (Å²) in [5, 5.41) is 4.84. The molecule has 0 saturated heterocycles. The summed E-state index contributed by atoms with van der Waals surface area (Å²) in [6.07, 6.45) is -0.489. The topological polar surface area (TPSA) is 21.1 Å². The summed E-state index contributed by atoms with van der Waals surface area (Å²) in [6, 6.07) is 1.84. The lowest BCUT2D eigenvalue weighted by Crippen LogP contribution is -2.30. The molecule has 0 aromatic carbocycles. The van der Waals surface area contributed by atoms with Gasteiger partial charge in [0, 0.05) is 31.7 Å². The van der Waals surface area contributed by atoms with Crippen LogP contribution in [0.4, 0.5) is 8.78 Å². The minimum Gasteiger partial charge on any atom is -0.291 e. The predicted molar refractivity (Wildman–Crippen MR) is 58.3 cm³/mol. The molecule has 86 valence electrons. The molecule has 0 unspecified atom stereocenters. The Morgan fingerprint density at radius 3 is 2.80 bits per heavy atom. The molecule has 15 heavy (non-hydrogen) atoms. The van der Waals surface area contributed by atoms with E-state index in [1.54, 1.807) is 9.58 Å². The van der Waals surface area contributed by atoms with Crippen LogP contribution in [-0.4, -0.2) is 39.5 Å². The summed E-state index contributed by atoms with van der Waals surface area (Å²) in [4.78, 5) is 1.68. The van der Waals surface area contributed by atoms with E-state index in [9.17, 15) is 8.78 Å². The zero-order chi connectivity index (χ0) is 11.3. The molecule has 0 spiro atoms. The molecule has 0 aliphatic heterocycles.